The first-order chi connectivity index (χ1) is 18.5. The van der Waals surface area contributed by atoms with Crippen LogP contribution in [0.2, 0.25) is 0 Å². The summed E-state index contributed by atoms with van der Waals surface area (Å²) in [6, 6.07) is 25.4. The molecule has 7 rings (SSSR count). The SMILES string of the molecule is c1c[nH]cn1.c1ccccc1.c1ccncc1.c1ccoc1.c1ccsc1.c1cscn1.c1nc[nH]n1. The predicted molar refractivity (Wildman–Crippen MR) is 151 cm³/mol. The van der Waals surface area contributed by atoms with Crippen molar-refractivity contribution in [3.8, 4) is 0 Å². The van der Waals surface area contributed by atoms with Crippen molar-refractivity contribution in [3.63, 3.8) is 0 Å². The lowest BCUT2D eigenvalue weighted by molar-refractivity contribution is 0.567. The fourth-order valence-corrected chi connectivity index (χ4v) is 2.51. The Morgan fingerprint density at radius 3 is 1.38 bits per heavy atom. The van der Waals surface area contributed by atoms with Crippen molar-refractivity contribution in [3.05, 3.63) is 163 Å². The van der Waals surface area contributed by atoms with E-state index in [2.05, 4.69) is 39.5 Å². The maximum absolute atomic E-state index is 4.58. The maximum Gasteiger partial charge on any atom is 0.137 e. The van der Waals surface area contributed by atoms with Crippen LogP contribution < -0.4 is 0 Å². The van der Waals surface area contributed by atoms with Gasteiger partial charge in [0.05, 0.1) is 24.4 Å². The topological polar surface area (TPSA) is 109 Å². The van der Waals surface area contributed by atoms with Crippen molar-refractivity contribution < 1.29 is 4.42 Å². The molecule has 0 fully saturated rings. The Labute approximate surface area is 224 Å². The summed E-state index contributed by atoms with van der Waals surface area (Å²) in [5, 5.41) is 12.0. The largest absolute Gasteiger partial charge is 0.473 e. The number of aromatic amines is 2. The van der Waals surface area contributed by atoms with Gasteiger partial charge in [0.2, 0.25) is 0 Å². The molecule has 2 N–H and O–H groups in total. The molecule has 0 amide bonds. The predicted octanol–water partition coefficient (Wildman–Crippen LogP) is 7.15. The Morgan fingerprint density at radius 2 is 1.19 bits per heavy atom. The minimum absolute atomic E-state index is 1.44. The quantitative estimate of drug-likeness (QED) is 0.215. The molecule has 0 radical (unpaired) electrons. The van der Waals surface area contributed by atoms with Crippen LogP contribution in [0, 0.1) is 0 Å². The molecule has 8 nitrogen and oxygen atoms in total. The lowest BCUT2D eigenvalue weighted by atomic mass is 10.4. The first-order valence-corrected chi connectivity index (χ1v) is 12.7. The van der Waals surface area contributed by atoms with Crippen LogP contribution in [0.15, 0.2) is 167 Å². The standard InChI is InChI=1S/C6H6.C5H5N.C4H4O.C4H4S.C3H4N2.C3H3NS.C2H3N3/c2*1-2-4-6-5-3-1;2*1-2-4-5-3-1;2*1-2-5-3-4-1;1-3-2-5-4-1/h1-6H;1-5H;2*1-4H;1-3H,(H,4,5);1-3H;1-2H,(H,3,4,5). The average molecular weight is 532 g/mol. The van der Waals surface area contributed by atoms with Gasteiger partial charge in [-0.05, 0) is 35.0 Å². The van der Waals surface area contributed by atoms with Crippen LogP contribution in [-0.2, 0) is 0 Å². The van der Waals surface area contributed by atoms with E-state index in [9.17, 15) is 0 Å². The van der Waals surface area contributed by atoms with Gasteiger partial charge < -0.3 is 9.40 Å². The van der Waals surface area contributed by atoms with Gasteiger partial charge in [0.15, 0.2) is 0 Å². The Balaban J connectivity index is 0.000000216. The van der Waals surface area contributed by atoms with Crippen LogP contribution in [0.5, 0.6) is 0 Å². The van der Waals surface area contributed by atoms with Crippen molar-refractivity contribution in [2.75, 3.05) is 0 Å². The summed E-state index contributed by atoms with van der Waals surface area (Å²) in [5.41, 5.74) is 1.79. The molecule has 0 saturated carbocycles. The molecule has 6 aromatic heterocycles. The summed E-state index contributed by atoms with van der Waals surface area (Å²) in [7, 11) is 0. The number of pyridine rings is 1. The van der Waals surface area contributed by atoms with E-state index in [1.54, 1.807) is 78.0 Å². The number of nitrogens with one attached hydrogen (secondary N) is 2. The third-order valence-electron chi connectivity index (χ3n) is 3.17. The van der Waals surface area contributed by atoms with Crippen molar-refractivity contribution >= 4 is 22.7 Å². The summed E-state index contributed by atoms with van der Waals surface area (Å²) < 4.78 is 4.58. The zero-order valence-corrected chi connectivity index (χ0v) is 21.7. The van der Waals surface area contributed by atoms with Crippen LogP contribution >= 0.6 is 22.7 Å². The zero-order valence-electron chi connectivity index (χ0n) is 20.0. The number of imidazole rings is 1. The van der Waals surface area contributed by atoms with E-state index in [1.807, 2.05) is 95.0 Å². The number of furan rings is 1. The Morgan fingerprint density at radius 1 is 0.514 bits per heavy atom. The Bertz CT molecular complexity index is 830. The minimum Gasteiger partial charge on any atom is -0.473 e. The molecular weight excluding hydrogens is 502 g/mol. The number of thiazole rings is 1. The van der Waals surface area contributed by atoms with Gasteiger partial charge in [0.25, 0.3) is 0 Å². The average Bonchev–Trinajstić information content (AvgIpc) is 3.84. The van der Waals surface area contributed by atoms with Crippen molar-refractivity contribution in [2.45, 2.75) is 0 Å². The van der Waals surface area contributed by atoms with Gasteiger partial charge in [-0.1, -0.05) is 54.6 Å². The molecule has 0 aliphatic carbocycles. The van der Waals surface area contributed by atoms with Crippen LogP contribution in [0.1, 0.15) is 0 Å². The first kappa shape index (κ1) is 30.4. The minimum atomic E-state index is 1.44. The second kappa shape index (κ2) is 27.6. The number of thiophene rings is 1. The molecule has 0 saturated heterocycles. The zero-order chi connectivity index (χ0) is 26.2. The van der Waals surface area contributed by atoms with Crippen molar-refractivity contribution in [2.24, 2.45) is 0 Å². The number of aromatic nitrogens is 7. The van der Waals surface area contributed by atoms with E-state index in [-0.39, 0.29) is 0 Å². The summed E-state index contributed by atoms with van der Waals surface area (Å²) >= 11 is 3.31. The van der Waals surface area contributed by atoms with Gasteiger partial charge in [0.1, 0.15) is 12.7 Å². The number of H-pyrrole nitrogens is 2. The van der Waals surface area contributed by atoms with Crippen molar-refractivity contribution in [1.29, 1.82) is 0 Å². The summed E-state index contributed by atoms with van der Waals surface area (Å²) in [6.07, 6.45) is 16.6. The highest BCUT2D eigenvalue weighted by molar-refractivity contribution is 7.07. The molecule has 1 aromatic carbocycles. The number of hydrogen-bond acceptors (Lipinski definition) is 8. The van der Waals surface area contributed by atoms with Gasteiger partial charge in [-0.25, -0.2) is 9.97 Å². The molecular formula is C27H29N7OS2. The summed E-state index contributed by atoms with van der Waals surface area (Å²) in [4.78, 5) is 17.5. The second-order valence-corrected chi connectivity index (χ2v) is 7.43. The highest BCUT2D eigenvalue weighted by Gasteiger charge is 1.61. The van der Waals surface area contributed by atoms with Crippen molar-refractivity contribution in [1.82, 2.24) is 35.1 Å². The lowest BCUT2D eigenvalue weighted by Gasteiger charge is -1.70. The molecule has 37 heavy (non-hydrogen) atoms. The highest BCUT2D eigenvalue weighted by atomic mass is 32.1. The van der Waals surface area contributed by atoms with E-state index >= 15 is 0 Å². The molecule has 0 atom stereocenters. The van der Waals surface area contributed by atoms with E-state index in [1.165, 1.54) is 12.7 Å². The van der Waals surface area contributed by atoms with Gasteiger partial charge in [-0.2, -0.15) is 16.4 Å². The molecule has 0 aliphatic rings. The second-order valence-electron chi connectivity index (χ2n) is 5.85. The third kappa shape index (κ3) is 25.8. The number of hydrogen-bond donors (Lipinski definition) is 2. The summed E-state index contributed by atoms with van der Waals surface area (Å²) in [6.45, 7) is 0. The Kier molecular flexibility index (Phi) is 22.6. The first-order valence-electron chi connectivity index (χ1n) is 10.8. The van der Waals surface area contributed by atoms with Gasteiger partial charge in [0, 0.05) is 36.4 Å². The molecule has 0 spiro atoms. The normalized spacial score (nSPS) is 8.00. The molecule has 0 bridgehead atoms. The fourth-order valence-electron chi connectivity index (χ4n) is 1.71. The molecule has 0 aliphatic heterocycles. The molecule has 10 heteroatoms. The lowest BCUT2D eigenvalue weighted by Crippen LogP contribution is -1.58. The van der Waals surface area contributed by atoms with Gasteiger partial charge in [-0.3, -0.25) is 15.1 Å². The third-order valence-corrected chi connectivity index (χ3v) is 4.32. The van der Waals surface area contributed by atoms with Gasteiger partial charge in [-0.15, -0.1) is 11.3 Å². The number of rotatable bonds is 0. The van der Waals surface area contributed by atoms with Crippen LogP contribution in [0.25, 0.3) is 0 Å². The maximum atomic E-state index is 4.58. The highest BCUT2D eigenvalue weighted by Crippen LogP contribution is 1.91. The number of nitrogens with zero attached hydrogens (tertiary/aromatic N) is 5. The fraction of sp³-hybridized carbons (Fsp3) is 0. The smallest absolute Gasteiger partial charge is 0.137 e. The molecule has 0 unspecified atom stereocenters. The van der Waals surface area contributed by atoms with Gasteiger partial charge >= 0.3 is 0 Å². The van der Waals surface area contributed by atoms with E-state index in [0.717, 1.165) is 0 Å². The summed E-state index contributed by atoms with van der Waals surface area (Å²) in [5.74, 6) is 0. The van der Waals surface area contributed by atoms with Crippen LogP contribution in [0.4, 0.5) is 0 Å². The molecule has 7 aromatic rings. The molecule has 190 valence electrons. The Hall–Kier alpha value is -4.67. The number of benzene rings is 1. The van der Waals surface area contributed by atoms with E-state index in [0.29, 0.717) is 0 Å². The monoisotopic (exact) mass is 531 g/mol. The molecule has 6 heterocycles. The van der Waals surface area contributed by atoms with Crippen LogP contribution in [0.3, 0.4) is 0 Å². The van der Waals surface area contributed by atoms with E-state index in [4.69, 9.17) is 0 Å². The van der Waals surface area contributed by atoms with E-state index < -0.39 is 0 Å². The van der Waals surface area contributed by atoms with Crippen LogP contribution in [-0.4, -0.2) is 35.1 Å².